The maximum absolute atomic E-state index is 13.1. The van der Waals surface area contributed by atoms with E-state index in [2.05, 4.69) is 4.90 Å². The van der Waals surface area contributed by atoms with Gasteiger partial charge in [0, 0.05) is 26.2 Å². The Balaban J connectivity index is 1.54. The summed E-state index contributed by atoms with van der Waals surface area (Å²) in [5.41, 5.74) is 0.967. The van der Waals surface area contributed by atoms with Crippen LogP contribution in [0.1, 0.15) is 43.8 Å². The molecule has 0 aromatic heterocycles. The lowest BCUT2D eigenvalue weighted by molar-refractivity contribution is -0.135. The minimum Gasteiger partial charge on any atom is -0.371 e. The molecule has 132 valence electrons. The number of halogens is 1. The minimum atomic E-state index is -0.240. The highest BCUT2D eigenvalue weighted by atomic mass is 19.1. The fourth-order valence-electron chi connectivity index (χ4n) is 3.70. The van der Waals surface area contributed by atoms with E-state index in [0.29, 0.717) is 25.7 Å². The molecule has 0 radical (unpaired) electrons. The summed E-state index contributed by atoms with van der Waals surface area (Å²) < 4.78 is 18.9. The fourth-order valence-corrected chi connectivity index (χ4v) is 3.70. The molecule has 3 rings (SSSR count). The molecule has 5 heteroatoms. The largest absolute Gasteiger partial charge is 0.371 e. The van der Waals surface area contributed by atoms with Gasteiger partial charge >= 0.3 is 0 Å². The van der Waals surface area contributed by atoms with Gasteiger partial charge in [0.25, 0.3) is 0 Å². The first kappa shape index (κ1) is 17.4. The Morgan fingerprint density at radius 2 is 1.96 bits per heavy atom. The minimum absolute atomic E-state index is 0.0906. The normalized spacial score (nSPS) is 23.2. The highest BCUT2D eigenvalue weighted by Crippen LogP contribution is 2.24. The molecule has 1 aliphatic heterocycles. The number of morpholine rings is 1. The third-order valence-electron chi connectivity index (χ3n) is 5.27. The van der Waals surface area contributed by atoms with E-state index in [1.54, 1.807) is 12.1 Å². The number of hydrogen-bond acceptors (Lipinski definition) is 3. The van der Waals surface area contributed by atoms with Crippen LogP contribution in [-0.2, 0) is 9.53 Å². The molecule has 2 fully saturated rings. The van der Waals surface area contributed by atoms with Crippen LogP contribution in [0.4, 0.5) is 4.39 Å². The van der Waals surface area contributed by atoms with Gasteiger partial charge in [0.1, 0.15) is 5.82 Å². The Hall–Kier alpha value is -1.46. The predicted molar refractivity (Wildman–Crippen MR) is 91.2 cm³/mol. The maximum Gasteiger partial charge on any atom is 0.236 e. The number of ether oxygens (including phenoxy) is 1. The molecule has 1 aromatic rings. The number of nitrogens with zero attached hydrogens (tertiary/aromatic N) is 2. The number of hydrogen-bond donors (Lipinski definition) is 0. The SMILES string of the molecule is CN(C(=O)CN1CCOC(c2ccc(F)cc2)C1)C1CCCCC1. The van der Waals surface area contributed by atoms with Crippen molar-refractivity contribution in [2.45, 2.75) is 44.2 Å². The molecule has 0 bridgehead atoms. The Labute approximate surface area is 143 Å². The van der Waals surface area contributed by atoms with Crippen molar-refractivity contribution in [3.63, 3.8) is 0 Å². The first-order valence-electron chi connectivity index (χ1n) is 8.98. The summed E-state index contributed by atoms with van der Waals surface area (Å²) in [7, 11) is 1.94. The van der Waals surface area contributed by atoms with Crippen LogP contribution in [0, 0.1) is 5.82 Å². The number of benzene rings is 1. The van der Waals surface area contributed by atoms with Gasteiger partial charge < -0.3 is 9.64 Å². The van der Waals surface area contributed by atoms with E-state index in [9.17, 15) is 9.18 Å². The number of carbonyl (C=O) groups excluding carboxylic acids is 1. The molecule has 1 aliphatic carbocycles. The summed E-state index contributed by atoms with van der Waals surface area (Å²) in [4.78, 5) is 16.7. The number of rotatable bonds is 4. The molecule has 2 aliphatic rings. The van der Waals surface area contributed by atoms with Gasteiger partial charge in [0.05, 0.1) is 19.3 Å². The van der Waals surface area contributed by atoms with Crippen LogP contribution in [0.25, 0.3) is 0 Å². The van der Waals surface area contributed by atoms with Gasteiger partial charge in [-0.15, -0.1) is 0 Å². The van der Waals surface area contributed by atoms with Crippen LogP contribution < -0.4 is 0 Å². The van der Waals surface area contributed by atoms with Crippen molar-refractivity contribution in [2.75, 3.05) is 33.3 Å². The monoisotopic (exact) mass is 334 g/mol. The van der Waals surface area contributed by atoms with Crippen LogP contribution in [0.5, 0.6) is 0 Å². The molecule has 1 aromatic carbocycles. The fraction of sp³-hybridized carbons (Fsp3) is 0.632. The summed E-state index contributed by atoms with van der Waals surface area (Å²) in [6.45, 7) is 2.48. The van der Waals surface area contributed by atoms with Crippen molar-refractivity contribution in [1.29, 1.82) is 0 Å². The second-order valence-corrected chi connectivity index (χ2v) is 6.94. The first-order valence-corrected chi connectivity index (χ1v) is 8.98. The lowest BCUT2D eigenvalue weighted by atomic mass is 9.94. The molecule has 1 heterocycles. The molecule has 1 saturated carbocycles. The zero-order chi connectivity index (χ0) is 16.9. The number of carbonyl (C=O) groups is 1. The van der Waals surface area contributed by atoms with Crippen molar-refractivity contribution < 1.29 is 13.9 Å². The van der Waals surface area contributed by atoms with Crippen LogP contribution in [0.3, 0.4) is 0 Å². The second kappa shape index (κ2) is 8.08. The third-order valence-corrected chi connectivity index (χ3v) is 5.27. The molecule has 0 N–H and O–H groups in total. The Morgan fingerprint density at radius 1 is 1.25 bits per heavy atom. The molecular weight excluding hydrogens is 307 g/mol. The summed E-state index contributed by atoms with van der Waals surface area (Å²) in [6.07, 6.45) is 5.92. The second-order valence-electron chi connectivity index (χ2n) is 6.94. The van der Waals surface area contributed by atoms with E-state index in [1.165, 1.54) is 31.4 Å². The molecule has 4 nitrogen and oxygen atoms in total. The van der Waals surface area contributed by atoms with Crippen LogP contribution in [0.15, 0.2) is 24.3 Å². The summed E-state index contributed by atoms with van der Waals surface area (Å²) in [6, 6.07) is 6.85. The van der Waals surface area contributed by atoms with Crippen molar-refractivity contribution in [3.8, 4) is 0 Å². The Bertz CT molecular complexity index is 543. The predicted octanol–water partition coefficient (Wildman–Crippen LogP) is 2.99. The van der Waals surface area contributed by atoms with Gasteiger partial charge in [-0.25, -0.2) is 4.39 Å². The van der Waals surface area contributed by atoms with Gasteiger partial charge in [-0.3, -0.25) is 9.69 Å². The van der Waals surface area contributed by atoms with Crippen LogP contribution in [-0.4, -0.2) is 55.0 Å². The van der Waals surface area contributed by atoms with E-state index < -0.39 is 0 Å². The zero-order valence-corrected chi connectivity index (χ0v) is 14.4. The van der Waals surface area contributed by atoms with Crippen molar-refractivity contribution in [2.24, 2.45) is 0 Å². The average Bonchev–Trinajstić information content (AvgIpc) is 2.62. The van der Waals surface area contributed by atoms with Gasteiger partial charge in [-0.1, -0.05) is 31.4 Å². The average molecular weight is 334 g/mol. The Kier molecular flexibility index (Phi) is 5.85. The van der Waals surface area contributed by atoms with E-state index >= 15 is 0 Å². The molecule has 1 unspecified atom stereocenters. The van der Waals surface area contributed by atoms with Gasteiger partial charge in [0.2, 0.25) is 5.91 Å². The molecular formula is C19H27FN2O2. The quantitative estimate of drug-likeness (QED) is 0.849. The highest BCUT2D eigenvalue weighted by Gasteiger charge is 2.27. The van der Waals surface area contributed by atoms with Crippen molar-refractivity contribution in [3.05, 3.63) is 35.6 Å². The van der Waals surface area contributed by atoms with E-state index in [0.717, 1.165) is 24.9 Å². The first-order chi connectivity index (χ1) is 11.6. The summed E-state index contributed by atoms with van der Waals surface area (Å²) in [5, 5.41) is 0. The standard InChI is InChI=1S/C19H27FN2O2/c1-21(17-5-3-2-4-6-17)19(23)14-22-11-12-24-18(13-22)15-7-9-16(20)10-8-15/h7-10,17-18H,2-6,11-14H2,1H3. The Morgan fingerprint density at radius 3 is 2.67 bits per heavy atom. The zero-order valence-electron chi connectivity index (χ0n) is 14.4. The van der Waals surface area contributed by atoms with Crippen molar-refractivity contribution in [1.82, 2.24) is 9.80 Å². The summed E-state index contributed by atoms with van der Waals surface area (Å²) >= 11 is 0. The number of likely N-dealkylation sites (N-methyl/N-ethyl adjacent to an activating group) is 1. The van der Waals surface area contributed by atoms with Crippen LogP contribution >= 0.6 is 0 Å². The molecule has 0 spiro atoms. The molecule has 1 atom stereocenters. The van der Waals surface area contributed by atoms with E-state index in [4.69, 9.17) is 4.74 Å². The number of amides is 1. The molecule has 24 heavy (non-hydrogen) atoms. The van der Waals surface area contributed by atoms with Gasteiger partial charge in [0.15, 0.2) is 0 Å². The smallest absolute Gasteiger partial charge is 0.236 e. The third kappa shape index (κ3) is 4.33. The van der Waals surface area contributed by atoms with Gasteiger partial charge in [-0.2, -0.15) is 0 Å². The maximum atomic E-state index is 13.1. The van der Waals surface area contributed by atoms with Crippen LogP contribution in [0.2, 0.25) is 0 Å². The molecule has 1 saturated heterocycles. The molecule has 1 amide bonds. The topological polar surface area (TPSA) is 32.8 Å². The van der Waals surface area contributed by atoms with E-state index in [1.807, 2.05) is 11.9 Å². The summed E-state index contributed by atoms with van der Waals surface area (Å²) in [5.74, 6) is -0.0441. The van der Waals surface area contributed by atoms with Gasteiger partial charge in [-0.05, 0) is 30.5 Å². The lowest BCUT2D eigenvalue weighted by Gasteiger charge is -2.36. The van der Waals surface area contributed by atoms with Crippen molar-refractivity contribution >= 4 is 5.91 Å². The lowest BCUT2D eigenvalue weighted by Crippen LogP contribution is -2.47. The van der Waals surface area contributed by atoms with E-state index in [-0.39, 0.29) is 17.8 Å². The highest BCUT2D eigenvalue weighted by molar-refractivity contribution is 5.78.